The first-order valence-corrected chi connectivity index (χ1v) is 5.67. The molecule has 0 aliphatic rings. The van der Waals surface area contributed by atoms with Gasteiger partial charge in [-0.2, -0.15) is 0 Å². The summed E-state index contributed by atoms with van der Waals surface area (Å²) in [7, 11) is 0.114. The van der Waals surface area contributed by atoms with Crippen LogP contribution in [0.15, 0.2) is 0 Å². The molecule has 0 amide bonds. The molecule has 0 aromatic rings. The molecule has 1 unspecified atom stereocenters. The minimum atomic E-state index is -2.56. The van der Waals surface area contributed by atoms with Crippen LogP contribution >= 0.6 is 7.37 Å². The summed E-state index contributed by atoms with van der Waals surface area (Å²) in [6.07, 6.45) is 0.179. The number of ether oxygens (including phenoxy) is 1. The molecule has 0 saturated heterocycles. The maximum atomic E-state index is 11.2. The Morgan fingerprint density at radius 3 is 2.50 bits per heavy atom. The van der Waals surface area contributed by atoms with E-state index in [-0.39, 0.29) is 18.8 Å². The van der Waals surface area contributed by atoms with E-state index in [0.29, 0.717) is 0 Å². The van der Waals surface area contributed by atoms with Crippen molar-refractivity contribution in [1.29, 1.82) is 0 Å². The molecule has 1 atom stereocenters. The lowest BCUT2D eigenvalue weighted by atomic mass is 10.7. The lowest BCUT2D eigenvalue weighted by Crippen LogP contribution is -2.24. The van der Waals surface area contributed by atoms with Gasteiger partial charge in [0.1, 0.15) is 0 Å². The molecule has 0 radical (unpaired) electrons. The first-order valence-electron chi connectivity index (χ1n) is 3.41. The van der Waals surface area contributed by atoms with Crippen molar-refractivity contribution in [3.63, 3.8) is 0 Å². The van der Waals surface area contributed by atoms with E-state index in [1.54, 1.807) is 0 Å². The Hall–Kier alpha value is -0.380. The molecule has 0 saturated carbocycles. The molecule has 5 nitrogen and oxygen atoms in total. The average molecular weight is 195 g/mol. The lowest BCUT2D eigenvalue weighted by Gasteiger charge is -2.10. The topological polar surface area (TPSA) is 64.6 Å². The van der Waals surface area contributed by atoms with Crippen LogP contribution in [0.25, 0.3) is 0 Å². The van der Waals surface area contributed by atoms with Gasteiger partial charge in [0.2, 0.25) is 7.37 Å². The molecular formula is C6H14NO4P. The van der Waals surface area contributed by atoms with E-state index in [4.69, 9.17) is 4.52 Å². The monoisotopic (exact) mass is 195 g/mol. The standard InChI is InChI=1S/C6H14NO4P/c1-10-6(8)4-7-5-12(3,9)11-2/h7H,4-5H2,1-3H3. The zero-order valence-corrected chi connectivity index (χ0v) is 8.39. The SMILES string of the molecule is COC(=O)CNCP(C)(=O)OC. The number of carbonyl (C=O) groups is 1. The van der Waals surface area contributed by atoms with Gasteiger partial charge in [-0.1, -0.05) is 0 Å². The van der Waals surface area contributed by atoms with Crippen LogP contribution in [0.5, 0.6) is 0 Å². The van der Waals surface area contributed by atoms with Gasteiger partial charge in [0.15, 0.2) is 0 Å². The van der Waals surface area contributed by atoms with E-state index in [1.807, 2.05) is 0 Å². The molecule has 6 heteroatoms. The third kappa shape index (κ3) is 5.29. The van der Waals surface area contributed by atoms with E-state index in [2.05, 4.69) is 10.1 Å². The Bertz CT molecular complexity index is 194. The summed E-state index contributed by atoms with van der Waals surface area (Å²) < 4.78 is 20.3. The van der Waals surface area contributed by atoms with Gasteiger partial charge >= 0.3 is 5.97 Å². The third-order valence-corrected chi connectivity index (χ3v) is 2.85. The van der Waals surface area contributed by atoms with Gasteiger partial charge in [0, 0.05) is 13.8 Å². The molecule has 0 aromatic heterocycles. The molecule has 0 fully saturated rings. The summed E-state index contributed by atoms with van der Waals surface area (Å²) >= 11 is 0. The number of nitrogens with one attached hydrogen (secondary N) is 1. The number of hydrogen-bond acceptors (Lipinski definition) is 5. The summed E-state index contributed by atoms with van der Waals surface area (Å²) in [6, 6.07) is 0. The minimum absolute atomic E-state index is 0.0533. The lowest BCUT2D eigenvalue weighted by molar-refractivity contribution is -0.139. The van der Waals surface area contributed by atoms with Crippen molar-refractivity contribution in [1.82, 2.24) is 5.32 Å². The Kier molecular flexibility index (Phi) is 5.13. The van der Waals surface area contributed by atoms with E-state index in [1.165, 1.54) is 20.9 Å². The van der Waals surface area contributed by atoms with Crippen molar-refractivity contribution in [2.75, 3.05) is 33.7 Å². The highest BCUT2D eigenvalue weighted by Crippen LogP contribution is 2.39. The molecular weight excluding hydrogens is 181 g/mol. The van der Waals surface area contributed by atoms with Gasteiger partial charge in [-0.25, -0.2) is 0 Å². The van der Waals surface area contributed by atoms with Crippen molar-refractivity contribution in [2.24, 2.45) is 0 Å². The Morgan fingerprint density at radius 2 is 2.08 bits per heavy atom. The van der Waals surface area contributed by atoms with Gasteiger partial charge < -0.3 is 9.26 Å². The molecule has 12 heavy (non-hydrogen) atoms. The van der Waals surface area contributed by atoms with Crippen LogP contribution in [0.2, 0.25) is 0 Å². The van der Waals surface area contributed by atoms with Crippen LogP contribution in [-0.4, -0.2) is 39.7 Å². The van der Waals surface area contributed by atoms with Crippen LogP contribution in [0, 0.1) is 0 Å². The van der Waals surface area contributed by atoms with Gasteiger partial charge in [-0.05, 0) is 0 Å². The number of esters is 1. The second-order valence-electron chi connectivity index (χ2n) is 2.36. The molecule has 0 aliphatic heterocycles. The smallest absolute Gasteiger partial charge is 0.319 e. The molecule has 0 aliphatic carbocycles. The summed E-state index contributed by atoms with van der Waals surface area (Å²) in [5.74, 6) is -0.383. The van der Waals surface area contributed by atoms with Gasteiger partial charge in [-0.3, -0.25) is 14.7 Å². The highest BCUT2D eigenvalue weighted by atomic mass is 31.2. The van der Waals surface area contributed by atoms with E-state index in [9.17, 15) is 9.36 Å². The van der Waals surface area contributed by atoms with Crippen LogP contribution in [0.1, 0.15) is 0 Å². The molecule has 0 spiro atoms. The molecule has 0 aromatic carbocycles. The summed E-state index contributed by atoms with van der Waals surface area (Å²) in [5.41, 5.74) is 0. The Labute approximate surface area is 71.9 Å². The van der Waals surface area contributed by atoms with Gasteiger partial charge in [0.05, 0.1) is 19.9 Å². The highest BCUT2D eigenvalue weighted by Gasteiger charge is 2.13. The number of hydrogen-bond donors (Lipinski definition) is 1. The molecule has 0 bridgehead atoms. The third-order valence-electron chi connectivity index (χ3n) is 1.28. The van der Waals surface area contributed by atoms with Crippen molar-refractivity contribution in [3.05, 3.63) is 0 Å². The molecule has 0 rings (SSSR count). The highest BCUT2D eigenvalue weighted by molar-refractivity contribution is 7.58. The summed E-state index contributed by atoms with van der Waals surface area (Å²) in [5, 5.41) is 2.66. The van der Waals surface area contributed by atoms with Crippen LogP contribution < -0.4 is 5.32 Å². The molecule has 72 valence electrons. The van der Waals surface area contributed by atoms with Crippen LogP contribution in [0.3, 0.4) is 0 Å². The fourth-order valence-corrected chi connectivity index (χ4v) is 1.14. The van der Waals surface area contributed by atoms with Crippen molar-refractivity contribution < 1.29 is 18.6 Å². The maximum Gasteiger partial charge on any atom is 0.319 e. The van der Waals surface area contributed by atoms with Crippen molar-refractivity contribution in [2.45, 2.75) is 0 Å². The van der Waals surface area contributed by atoms with E-state index >= 15 is 0 Å². The zero-order chi connectivity index (χ0) is 9.61. The second kappa shape index (κ2) is 5.30. The zero-order valence-electron chi connectivity index (χ0n) is 7.49. The maximum absolute atomic E-state index is 11.2. The van der Waals surface area contributed by atoms with Crippen molar-refractivity contribution in [3.8, 4) is 0 Å². The number of carbonyl (C=O) groups excluding carboxylic acids is 1. The largest absolute Gasteiger partial charge is 0.468 e. The van der Waals surface area contributed by atoms with Gasteiger partial charge in [0.25, 0.3) is 0 Å². The fourth-order valence-electron chi connectivity index (χ4n) is 0.498. The predicted molar refractivity (Wildman–Crippen MR) is 45.4 cm³/mol. The Balaban J connectivity index is 3.57. The minimum Gasteiger partial charge on any atom is -0.468 e. The van der Waals surface area contributed by atoms with Crippen LogP contribution in [-0.2, 0) is 18.6 Å². The normalized spacial score (nSPS) is 15.2. The van der Waals surface area contributed by atoms with E-state index < -0.39 is 7.37 Å². The Morgan fingerprint density at radius 1 is 1.50 bits per heavy atom. The van der Waals surface area contributed by atoms with E-state index in [0.717, 1.165) is 0 Å². The predicted octanol–water partition coefficient (Wildman–Crippen LogP) is 0.261. The summed E-state index contributed by atoms with van der Waals surface area (Å²) in [6.45, 7) is 1.55. The molecule has 1 N–H and O–H groups in total. The number of rotatable bonds is 5. The summed E-state index contributed by atoms with van der Waals surface area (Å²) in [4.78, 5) is 10.6. The first kappa shape index (κ1) is 11.6. The van der Waals surface area contributed by atoms with Gasteiger partial charge in [-0.15, -0.1) is 0 Å². The van der Waals surface area contributed by atoms with Crippen molar-refractivity contribution >= 4 is 13.3 Å². The van der Waals surface area contributed by atoms with Crippen LogP contribution in [0.4, 0.5) is 0 Å². The first-order chi connectivity index (χ1) is 5.52. The average Bonchev–Trinajstić information content (AvgIpc) is 2.04. The number of methoxy groups -OCH3 is 1. The fraction of sp³-hybridized carbons (Fsp3) is 0.833. The quantitative estimate of drug-likeness (QED) is 0.503. The molecule has 0 heterocycles. The second-order valence-corrected chi connectivity index (χ2v) is 5.07.